The number of ether oxygens (including phenoxy) is 1. The van der Waals surface area contributed by atoms with E-state index in [4.69, 9.17) is 9.84 Å². The minimum atomic E-state index is -4.00. The van der Waals surface area contributed by atoms with E-state index in [1.165, 1.54) is 25.3 Å². The summed E-state index contributed by atoms with van der Waals surface area (Å²) < 4.78 is 43.7. The first-order valence-corrected chi connectivity index (χ1v) is 7.78. The van der Waals surface area contributed by atoms with Crippen molar-refractivity contribution in [1.82, 2.24) is 4.31 Å². The van der Waals surface area contributed by atoms with Crippen molar-refractivity contribution in [3.63, 3.8) is 0 Å². The summed E-state index contributed by atoms with van der Waals surface area (Å²) in [7, 11) is -2.67. The second-order valence-electron chi connectivity index (χ2n) is 4.42. The van der Waals surface area contributed by atoms with Crippen molar-refractivity contribution >= 4 is 16.0 Å². The van der Waals surface area contributed by atoms with Crippen LogP contribution in [-0.2, 0) is 21.4 Å². The number of nitrogens with zero attached hydrogens (tertiary/aromatic N) is 1. The van der Waals surface area contributed by atoms with E-state index in [-0.39, 0.29) is 18.8 Å². The fourth-order valence-electron chi connectivity index (χ4n) is 1.74. The minimum Gasteiger partial charge on any atom is -0.494 e. The van der Waals surface area contributed by atoms with Crippen LogP contribution >= 0.6 is 0 Å². The number of aliphatic carboxylic acids is 1. The molecule has 0 spiro atoms. The van der Waals surface area contributed by atoms with Crippen LogP contribution in [0.15, 0.2) is 18.2 Å². The molecule has 0 saturated carbocycles. The molecule has 1 aromatic rings. The highest BCUT2D eigenvalue weighted by atomic mass is 32.2. The largest absolute Gasteiger partial charge is 0.494 e. The van der Waals surface area contributed by atoms with Crippen LogP contribution in [0.4, 0.5) is 4.39 Å². The van der Waals surface area contributed by atoms with Gasteiger partial charge in [-0.3, -0.25) is 4.79 Å². The molecule has 1 N–H and O–H groups in total. The molecule has 0 aliphatic carbocycles. The maximum absolute atomic E-state index is 13.6. The highest BCUT2D eigenvalue weighted by Crippen LogP contribution is 2.20. The van der Waals surface area contributed by atoms with Crippen LogP contribution in [0.1, 0.15) is 19.4 Å². The molecule has 1 rings (SSSR count). The van der Waals surface area contributed by atoms with Crippen LogP contribution in [0.3, 0.4) is 0 Å². The zero-order valence-electron chi connectivity index (χ0n) is 12.0. The molecule has 0 heterocycles. The second kappa shape index (κ2) is 6.86. The van der Waals surface area contributed by atoms with Gasteiger partial charge < -0.3 is 9.84 Å². The Hall–Kier alpha value is -1.67. The fraction of sp³-hybridized carbons (Fsp3) is 0.462. The van der Waals surface area contributed by atoms with Gasteiger partial charge in [-0.15, -0.1) is 0 Å². The first-order valence-electron chi connectivity index (χ1n) is 6.28. The van der Waals surface area contributed by atoms with Crippen molar-refractivity contribution in [2.45, 2.75) is 25.6 Å². The van der Waals surface area contributed by atoms with E-state index in [1.807, 2.05) is 0 Å². The molecular weight excluding hydrogens is 301 g/mol. The molecule has 0 bridgehead atoms. The van der Waals surface area contributed by atoms with Crippen LogP contribution < -0.4 is 4.74 Å². The van der Waals surface area contributed by atoms with Crippen molar-refractivity contribution in [1.29, 1.82) is 0 Å². The van der Waals surface area contributed by atoms with Crippen molar-refractivity contribution in [3.8, 4) is 5.75 Å². The van der Waals surface area contributed by atoms with Gasteiger partial charge in [0.15, 0.2) is 16.8 Å². The molecule has 118 valence electrons. The van der Waals surface area contributed by atoms with Gasteiger partial charge in [-0.25, -0.2) is 12.8 Å². The lowest BCUT2D eigenvalue weighted by molar-refractivity contribution is -0.136. The Morgan fingerprint density at radius 2 is 2.10 bits per heavy atom. The molecule has 1 unspecified atom stereocenters. The number of carboxylic acids is 1. The van der Waals surface area contributed by atoms with Gasteiger partial charge in [0.2, 0.25) is 10.0 Å². The summed E-state index contributed by atoms with van der Waals surface area (Å²) in [6.07, 6.45) is 0. The number of sulfonamides is 1. The summed E-state index contributed by atoms with van der Waals surface area (Å²) in [6.45, 7) is 2.69. The quantitative estimate of drug-likeness (QED) is 0.822. The highest BCUT2D eigenvalue weighted by molar-refractivity contribution is 7.90. The lowest BCUT2D eigenvalue weighted by Crippen LogP contribution is -2.40. The van der Waals surface area contributed by atoms with E-state index < -0.39 is 27.1 Å². The summed E-state index contributed by atoms with van der Waals surface area (Å²) >= 11 is 0. The Bertz CT molecular complexity index is 617. The molecule has 0 aromatic heterocycles. The Labute approximate surface area is 123 Å². The smallest absolute Gasteiger partial charge is 0.323 e. The average molecular weight is 319 g/mol. The SMILES string of the molecule is CCN(Cc1ccc(OC)c(F)c1)S(=O)(=O)C(C)C(=O)O. The molecule has 1 aromatic carbocycles. The van der Waals surface area contributed by atoms with Crippen LogP contribution in [0.25, 0.3) is 0 Å². The lowest BCUT2D eigenvalue weighted by Gasteiger charge is -2.23. The second-order valence-corrected chi connectivity index (χ2v) is 6.67. The molecule has 1 atom stereocenters. The van der Waals surface area contributed by atoms with E-state index in [2.05, 4.69) is 0 Å². The molecule has 0 saturated heterocycles. The van der Waals surface area contributed by atoms with Gasteiger partial charge >= 0.3 is 5.97 Å². The monoisotopic (exact) mass is 319 g/mol. The van der Waals surface area contributed by atoms with E-state index in [9.17, 15) is 17.6 Å². The molecule has 0 aliphatic rings. The number of carboxylic acid groups (broad SMARTS) is 1. The van der Waals surface area contributed by atoms with Crippen molar-refractivity contribution in [2.75, 3.05) is 13.7 Å². The highest BCUT2D eigenvalue weighted by Gasteiger charge is 2.33. The van der Waals surface area contributed by atoms with E-state index in [0.29, 0.717) is 5.56 Å². The third kappa shape index (κ3) is 3.92. The lowest BCUT2D eigenvalue weighted by atomic mass is 10.2. The van der Waals surface area contributed by atoms with Gasteiger partial charge in [0.25, 0.3) is 0 Å². The van der Waals surface area contributed by atoms with Crippen LogP contribution in [0, 0.1) is 5.82 Å². The third-order valence-electron chi connectivity index (χ3n) is 3.08. The van der Waals surface area contributed by atoms with Gasteiger partial charge in [-0.1, -0.05) is 13.0 Å². The van der Waals surface area contributed by atoms with E-state index >= 15 is 0 Å². The molecule has 6 nitrogen and oxygen atoms in total. The van der Waals surface area contributed by atoms with Gasteiger partial charge in [-0.05, 0) is 24.6 Å². The third-order valence-corrected chi connectivity index (χ3v) is 5.28. The summed E-state index contributed by atoms with van der Waals surface area (Å²) in [5.41, 5.74) is 0.413. The predicted molar refractivity (Wildman–Crippen MR) is 75.1 cm³/mol. The summed E-state index contributed by atoms with van der Waals surface area (Å²) in [5.74, 6) is -1.97. The molecule has 0 radical (unpaired) electrons. The summed E-state index contributed by atoms with van der Waals surface area (Å²) in [5, 5.41) is 7.30. The van der Waals surface area contributed by atoms with Gasteiger partial charge in [0, 0.05) is 13.1 Å². The number of benzene rings is 1. The Morgan fingerprint density at radius 1 is 1.48 bits per heavy atom. The normalized spacial score (nSPS) is 13.2. The van der Waals surface area contributed by atoms with E-state index in [0.717, 1.165) is 11.2 Å². The van der Waals surface area contributed by atoms with Crippen molar-refractivity contribution in [3.05, 3.63) is 29.6 Å². The fourth-order valence-corrected chi connectivity index (χ4v) is 3.14. The number of hydrogen-bond acceptors (Lipinski definition) is 4. The number of methoxy groups -OCH3 is 1. The van der Waals surface area contributed by atoms with Crippen molar-refractivity contribution in [2.24, 2.45) is 0 Å². The first kappa shape index (κ1) is 17.4. The number of carbonyl (C=O) groups is 1. The maximum atomic E-state index is 13.6. The zero-order chi connectivity index (χ0) is 16.2. The standard InChI is InChI=1S/C13H18FNO5S/c1-4-15(21(18,19)9(2)13(16)17)8-10-5-6-12(20-3)11(14)7-10/h5-7,9H,4,8H2,1-3H3,(H,16,17). The molecule has 21 heavy (non-hydrogen) atoms. The summed E-state index contributed by atoms with van der Waals surface area (Å²) in [6, 6.07) is 4.10. The number of hydrogen-bond donors (Lipinski definition) is 1. The molecule has 8 heteroatoms. The predicted octanol–water partition coefficient (Wildman–Crippen LogP) is 1.46. The molecule has 0 amide bonds. The number of halogens is 1. The Balaban J connectivity index is 3.03. The Morgan fingerprint density at radius 3 is 2.52 bits per heavy atom. The van der Waals surface area contributed by atoms with Crippen LogP contribution in [0.5, 0.6) is 5.75 Å². The first-order chi connectivity index (χ1) is 9.73. The Kier molecular flexibility index (Phi) is 5.68. The van der Waals surface area contributed by atoms with Crippen LogP contribution in [-0.4, -0.2) is 42.7 Å². The summed E-state index contributed by atoms with van der Waals surface area (Å²) in [4.78, 5) is 10.9. The van der Waals surface area contributed by atoms with Crippen LogP contribution in [0.2, 0.25) is 0 Å². The average Bonchev–Trinajstić information content (AvgIpc) is 2.43. The molecular formula is C13H18FNO5S. The zero-order valence-corrected chi connectivity index (χ0v) is 12.9. The van der Waals surface area contributed by atoms with Gasteiger partial charge in [0.05, 0.1) is 7.11 Å². The van der Waals surface area contributed by atoms with Crippen molar-refractivity contribution < 1.29 is 27.4 Å². The molecule has 0 aliphatic heterocycles. The maximum Gasteiger partial charge on any atom is 0.323 e. The molecule has 0 fully saturated rings. The number of rotatable bonds is 7. The van der Waals surface area contributed by atoms with Gasteiger partial charge in [-0.2, -0.15) is 4.31 Å². The van der Waals surface area contributed by atoms with Gasteiger partial charge in [0.1, 0.15) is 0 Å². The minimum absolute atomic E-state index is 0.0589. The van der Waals surface area contributed by atoms with E-state index in [1.54, 1.807) is 6.92 Å². The topological polar surface area (TPSA) is 83.9 Å².